The van der Waals surface area contributed by atoms with Gasteiger partial charge in [0.25, 0.3) is 0 Å². The molecule has 0 aromatic rings. The van der Waals surface area contributed by atoms with E-state index < -0.39 is 12.1 Å². The molecule has 0 rings (SSSR count). The monoisotopic (exact) mass is 168 g/mol. The van der Waals surface area contributed by atoms with Gasteiger partial charge in [-0.15, -0.1) is 0 Å². The van der Waals surface area contributed by atoms with Crippen molar-refractivity contribution < 1.29 is 44.2 Å². The number of carbonyl (C=O) groups is 1. The van der Waals surface area contributed by atoms with Crippen molar-refractivity contribution in [3.8, 4) is 0 Å². The largest absolute Gasteiger partial charge is 1.00 e. The Hall–Kier alpha value is 0.430. The first-order valence-corrected chi connectivity index (χ1v) is 3.36. The fourth-order valence-electron chi connectivity index (χ4n) is 0.405. The van der Waals surface area contributed by atoms with Gasteiger partial charge in [0.2, 0.25) is 0 Å². The molecule has 0 heterocycles. The quantitative estimate of drug-likeness (QED) is 0.415. The predicted molar refractivity (Wildman–Crippen MR) is 35.3 cm³/mol. The Kier molecular flexibility index (Phi) is 9.02. The van der Waals surface area contributed by atoms with Crippen molar-refractivity contribution in [2.75, 3.05) is 6.61 Å². The fourth-order valence-corrected chi connectivity index (χ4v) is 0.405. The molecule has 0 aromatic heterocycles. The van der Waals surface area contributed by atoms with Crippen molar-refractivity contribution in [3.05, 3.63) is 0 Å². The molecule has 3 nitrogen and oxygen atoms in total. The van der Waals surface area contributed by atoms with Crippen LogP contribution in [-0.4, -0.2) is 18.7 Å². The van der Waals surface area contributed by atoms with Crippen LogP contribution in [-0.2, 0) is 9.53 Å². The Labute approximate surface area is 89.4 Å². The minimum Gasteiger partial charge on any atom is -0.547 e. The second kappa shape index (κ2) is 7.10. The molecule has 4 heteroatoms. The number of hydrogen-bond donors (Lipinski definition) is 0. The number of carbonyl (C=O) groups excluding carboxylic acids is 1. The van der Waals surface area contributed by atoms with Gasteiger partial charge in [0, 0.05) is 6.61 Å². The van der Waals surface area contributed by atoms with E-state index in [1.54, 1.807) is 0 Å². The van der Waals surface area contributed by atoms with Gasteiger partial charge in [-0.1, -0.05) is 13.8 Å². The number of carboxylic acid groups (broad SMARTS) is 1. The Morgan fingerprint density at radius 3 is 2.18 bits per heavy atom. The van der Waals surface area contributed by atoms with E-state index >= 15 is 0 Å². The van der Waals surface area contributed by atoms with Crippen LogP contribution in [0.5, 0.6) is 0 Å². The third-order valence-corrected chi connectivity index (χ3v) is 1.01. The molecule has 0 N–H and O–H groups in total. The second-order valence-electron chi connectivity index (χ2n) is 2.69. The number of aliphatic carboxylic acids is 1. The fraction of sp³-hybridized carbons (Fsp3) is 0.857. The van der Waals surface area contributed by atoms with E-state index in [4.69, 9.17) is 4.74 Å². The van der Waals surface area contributed by atoms with Crippen LogP contribution in [0.15, 0.2) is 0 Å². The van der Waals surface area contributed by atoms with E-state index in [9.17, 15) is 9.90 Å². The first-order chi connectivity index (χ1) is 4.54. The molecule has 0 aromatic carbocycles. The van der Waals surface area contributed by atoms with Crippen molar-refractivity contribution in [1.29, 1.82) is 0 Å². The summed E-state index contributed by atoms with van der Waals surface area (Å²) in [5.41, 5.74) is 0. The van der Waals surface area contributed by atoms with Gasteiger partial charge in [0.05, 0.1) is 12.1 Å². The molecule has 0 aliphatic rings. The van der Waals surface area contributed by atoms with Crippen molar-refractivity contribution in [3.63, 3.8) is 0 Å². The van der Waals surface area contributed by atoms with E-state index in [-0.39, 0.29) is 29.6 Å². The molecule has 0 fully saturated rings. The van der Waals surface area contributed by atoms with Crippen LogP contribution in [0, 0.1) is 5.92 Å². The number of rotatable bonds is 4. The van der Waals surface area contributed by atoms with Crippen molar-refractivity contribution in [2.24, 2.45) is 5.92 Å². The van der Waals surface area contributed by atoms with Gasteiger partial charge >= 0.3 is 29.6 Å². The summed E-state index contributed by atoms with van der Waals surface area (Å²) in [6, 6.07) is 0. The molecule has 1 atom stereocenters. The Balaban J connectivity index is 0. The zero-order chi connectivity index (χ0) is 8.15. The van der Waals surface area contributed by atoms with Gasteiger partial charge < -0.3 is 14.6 Å². The van der Waals surface area contributed by atoms with E-state index in [0.717, 1.165) is 0 Å². The third kappa shape index (κ3) is 8.34. The minimum absolute atomic E-state index is 0. The third-order valence-electron chi connectivity index (χ3n) is 1.01. The smallest absolute Gasteiger partial charge is 0.547 e. The zero-order valence-corrected chi connectivity index (χ0v) is 9.59. The molecule has 1 unspecified atom stereocenters. The van der Waals surface area contributed by atoms with Crippen LogP contribution in [0.4, 0.5) is 0 Å². The standard InChI is InChI=1S/C7H14O3.Na/c1-5(2)4-10-6(3)7(8)9;/h5-6H,4H2,1-3H3,(H,8,9);/q;+1/p-1. The van der Waals surface area contributed by atoms with Crippen LogP contribution in [0.2, 0.25) is 0 Å². The van der Waals surface area contributed by atoms with E-state index in [1.807, 2.05) is 13.8 Å². The normalized spacial score (nSPS) is 12.4. The average molecular weight is 168 g/mol. The zero-order valence-electron chi connectivity index (χ0n) is 7.59. The van der Waals surface area contributed by atoms with Gasteiger partial charge in [0.1, 0.15) is 0 Å². The van der Waals surface area contributed by atoms with E-state index in [1.165, 1.54) is 6.92 Å². The molecule has 11 heavy (non-hydrogen) atoms. The van der Waals surface area contributed by atoms with Gasteiger partial charge in [0.15, 0.2) is 0 Å². The minimum atomic E-state index is -1.15. The van der Waals surface area contributed by atoms with Crippen LogP contribution < -0.4 is 34.7 Å². The molecule has 0 aliphatic carbocycles. The van der Waals surface area contributed by atoms with E-state index in [0.29, 0.717) is 12.5 Å². The second-order valence-corrected chi connectivity index (χ2v) is 2.69. The molecular formula is C7H13NaO3. The number of ether oxygens (including phenoxy) is 1. The summed E-state index contributed by atoms with van der Waals surface area (Å²) in [6.45, 7) is 5.86. The summed E-state index contributed by atoms with van der Waals surface area (Å²) in [5, 5.41) is 10.1. The maximum atomic E-state index is 10.1. The molecule has 0 amide bonds. The van der Waals surface area contributed by atoms with Crippen molar-refractivity contribution >= 4 is 5.97 Å². The molecule has 0 saturated carbocycles. The summed E-state index contributed by atoms with van der Waals surface area (Å²) < 4.78 is 4.90. The summed E-state index contributed by atoms with van der Waals surface area (Å²) >= 11 is 0. The van der Waals surface area contributed by atoms with E-state index in [2.05, 4.69) is 0 Å². The van der Waals surface area contributed by atoms with Crippen LogP contribution >= 0.6 is 0 Å². The van der Waals surface area contributed by atoms with Gasteiger partial charge in [-0.25, -0.2) is 0 Å². The molecule has 0 spiro atoms. The average Bonchev–Trinajstić information content (AvgIpc) is 1.82. The van der Waals surface area contributed by atoms with Crippen molar-refractivity contribution in [2.45, 2.75) is 26.9 Å². The summed E-state index contributed by atoms with van der Waals surface area (Å²) in [6.07, 6.45) is -0.789. The SMILES string of the molecule is CC(C)COC(C)C(=O)[O-].[Na+]. The van der Waals surface area contributed by atoms with Crippen LogP contribution in [0.1, 0.15) is 20.8 Å². The Bertz CT molecular complexity index is 114. The summed E-state index contributed by atoms with van der Waals surface area (Å²) in [7, 11) is 0. The maximum Gasteiger partial charge on any atom is 1.00 e. The van der Waals surface area contributed by atoms with Crippen LogP contribution in [0.3, 0.4) is 0 Å². The number of carboxylic acids is 1. The number of hydrogen-bond acceptors (Lipinski definition) is 3. The summed E-state index contributed by atoms with van der Waals surface area (Å²) in [4.78, 5) is 10.1. The maximum absolute atomic E-state index is 10.1. The molecule has 0 aliphatic heterocycles. The van der Waals surface area contributed by atoms with Crippen molar-refractivity contribution in [1.82, 2.24) is 0 Å². The predicted octanol–water partition coefficient (Wildman–Crippen LogP) is -3.20. The topological polar surface area (TPSA) is 49.4 Å². The first kappa shape index (κ1) is 14.0. The van der Waals surface area contributed by atoms with Gasteiger partial charge in [-0.2, -0.15) is 0 Å². The van der Waals surface area contributed by atoms with Gasteiger partial charge in [-0.05, 0) is 12.8 Å². The first-order valence-electron chi connectivity index (χ1n) is 3.36. The molecule has 60 valence electrons. The molecular weight excluding hydrogens is 155 g/mol. The van der Waals surface area contributed by atoms with Gasteiger partial charge in [-0.3, -0.25) is 0 Å². The summed E-state index contributed by atoms with van der Waals surface area (Å²) in [5.74, 6) is -0.789. The molecule has 0 bridgehead atoms. The molecule has 0 radical (unpaired) electrons. The molecule has 0 saturated heterocycles. The Morgan fingerprint density at radius 1 is 1.45 bits per heavy atom. The Morgan fingerprint density at radius 2 is 1.91 bits per heavy atom. The van der Waals surface area contributed by atoms with Crippen LogP contribution in [0.25, 0.3) is 0 Å².